The van der Waals surface area contributed by atoms with Crippen LogP contribution in [0.2, 0.25) is 0 Å². The van der Waals surface area contributed by atoms with Crippen LogP contribution in [0, 0.1) is 10.5 Å². The van der Waals surface area contributed by atoms with Crippen LogP contribution >= 0.6 is 22.6 Å². The van der Waals surface area contributed by atoms with Gasteiger partial charge in [0, 0.05) is 16.3 Å². The third-order valence-electron chi connectivity index (χ3n) is 2.82. The van der Waals surface area contributed by atoms with Gasteiger partial charge in [-0.1, -0.05) is 13.0 Å². The van der Waals surface area contributed by atoms with E-state index in [9.17, 15) is 0 Å². The molecule has 0 unspecified atom stereocenters. The third-order valence-corrected chi connectivity index (χ3v) is 3.49. The van der Waals surface area contributed by atoms with Gasteiger partial charge in [0.2, 0.25) is 0 Å². The number of hydrogen-bond acceptors (Lipinski definition) is 2. The lowest BCUT2D eigenvalue weighted by Gasteiger charge is -2.06. The summed E-state index contributed by atoms with van der Waals surface area (Å²) in [7, 11) is 0. The van der Waals surface area contributed by atoms with Crippen LogP contribution in [0.1, 0.15) is 24.6 Å². The predicted molar refractivity (Wildman–Crippen MR) is 83.0 cm³/mol. The lowest BCUT2D eigenvalue weighted by atomic mass is 10.2. The van der Waals surface area contributed by atoms with Gasteiger partial charge < -0.3 is 9.88 Å². The first-order valence-electron chi connectivity index (χ1n) is 6.21. The zero-order valence-corrected chi connectivity index (χ0v) is 12.9. The number of halogens is 1. The molecular formula is C14H18IN3. The van der Waals surface area contributed by atoms with E-state index in [-0.39, 0.29) is 0 Å². The topological polar surface area (TPSA) is 29.9 Å². The summed E-state index contributed by atoms with van der Waals surface area (Å²) in [5, 5.41) is 3.36. The van der Waals surface area contributed by atoms with Crippen molar-refractivity contribution in [2.24, 2.45) is 0 Å². The molecular weight excluding hydrogens is 337 g/mol. The Hall–Kier alpha value is -0.880. The minimum Gasteiger partial charge on any atom is -0.311 e. The van der Waals surface area contributed by atoms with Crippen LogP contribution in [-0.4, -0.2) is 16.1 Å². The van der Waals surface area contributed by atoms with E-state index >= 15 is 0 Å². The van der Waals surface area contributed by atoms with Gasteiger partial charge in [0.25, 0.3) is 0 Å². The average molecular weight is 355 g/mol. The molecule has 96 valence electrons. The predicted octanol–water partition coefficient (Wildman–Crippen LogP) is 3.28. The maximum Gasteiger partial charge on any atom is 0.0995 e. The molecule has 0 spiro atoms. The van der Waals surface area contributed by atoms with Crippen molar-refractivity contribution in [3.05, 3.63) is 45.6 Å². The van der Waals surface area contributed by atoms with Gasteiger partial charge in [-0.2, -0.15) is 0 Å². The van der Waals surface area contributed by atoms with Gasteiger partial charge in [-0.05, 0) is 60.2 Å². The van der Waals surface area contributed by atoms with Crippen molar-refractivity contribution in [3.8, 4) is 5.69 Å². The zero-order valence-electron chi connectivity index (χ0n) is 10.8. The fourth-order valence-corrected chi connectivity index (χ4v) is 2.32. The second-order valence-electron chi connectivity index (χ2n) is 4.38. The molecule has 4 heteroatoms. The molecule has 0 atom stereocenters. The molecule has 0 amide bonds. The molecule has 0 saturated heterocycles. The van der Waals surface area contributed by atoms with Gasteiger partial charge in [-0.15, -0.1) is 0 Å². The van der Waals surface area contributed by atoms with Gasteiger partial charge in [-0.3, -0.25) is 0 Å². The molecule has 1 aromatic carbocycles. The lowest BCUT2D eigenvalue weighted by Crippen LogP contribution is -2.13. The van der Waals surface area contributed by atoms with Crippen molar-refractivity contribution in [1.82, 2.24) is 14.9 Å². The number of nitrogens with zero attached hydrogens (tertiary/aromatic N) is 2. The van der Waals surface area contributed by atoms with Gasteiger partial charge in [-0.25, -0.2) is 4.98 Å². The maximum atomic E-state index is 4.43. The van der Waals surface area contributed by atoms with E-state index in [0.29, 0.717) is 0 Å². The summed E-state index contributed by atoms with van der Waals surface area (Å²) in [6.45, 7) is 6.17. The quantitative estimate of drug-likeness (QED) is 0.659. The van der Waals surface area contributed by atoms with E-state index in [0.717, 1.165) is 25.2 Å². The molecule has 18 heavy (non-hydrogen) atoms. The molecule has 0 aliphatic carbocycles. The summed E-state index contributed by atoms with van der Waals surface area (Å²) in [5.41, 5.74) is 3.55. The lowest BCUT2D eigenvalue weighted by molar-refractivity contribution is 0.666. The first-order valence-corrected chi connectivity index (χ1v) is 7.28. The number of aromatic nitrogens is 2. The van der Waals surface area contributed by atoms with Crippen LogP contribution in [0.4, 0.5) is 0 Å². The Kier molecular flexibility index (Phi) is 4.77. The van der Waals surface area contributed by atoms with Crippen LogP contribution in [-0.2, 0) is 6.54 Å². The van der Waals surface area contributed by atoms with Crippen LogP contribution in [0.5, 0.6) is 0 Å². The van der Waals surface area contributed by atoms with Crippen molar-refractivity contribution in [1.29, 1.82) is 0 Å². The van der Waals surface area contributed by atoms with Gasteiger partial charge in [0.15, 0.2) is 0 Å². The van der Waals surface area contributed by atoms with Crippen molar-refractivity contribution < 1.29 is 0 Å². The Morgan fingerprint density at radius 3 is 3.00 bits per heavy atom. The SMILES string of the molecule is CCCNCc1cn(-c2cc(I)ccc2C)cn1. The van der Waals surface area contributed by atoms with E-state index in [2.05, 4.69) is 75.7 Å². The van der Waals surface area contributed by atoms with Crippen molar-refractivity contribution in [2.45, 2.75) is 26.8 Å². The van der Waals surface area contributed by atoms with E-state index < -0.39 is 0 Å². The minimum atomic E-state index is 0.837. The molecule has 0 fully saturated rings. The van der Waals surface area contributed by atoms with Crippen molar-refractivity contribution in [3.63, 3.8) is 0 Å². The first-order chi connectivity index (χ1) is 8.70. The Balaban J connectivity index is 2.16. The van der Waals surface area contributed by atoms with E-state index in [1.165, 1.54) is 14.8 Å². The monoisotopic (exact) mass is 355 g/mol. The molecule has 0 bridgehead atoms. The fourth-order valence-electron chi connectivity index (χ4n) is 1.84. The minimum absolute atomic E-state index is 0.837. The number of rotatable bonds is 5. The molecule has 0 radical (unpaired) electrons. The highest BCUT2D eigenvalue weighted by Gasteiger charge is 2.04. The van der Waals surface area contributed by atoms with Crippen LogP contribution in [0.3, 0.4) is 0 Å². The number of hydrogen-bond donors (Lipinski definition) is 1. The Bertz CT molecular complexity index is 520. The van der Waals surface area contributed by atoms with E-state index in [1.807, 2.05) is 6.33 Å². The molecule has 1 N–H and O–H groups in total. The molecule has 0 aliphatic rings. The fraction of sp³-hybridized carbons (Fsp3) is 0.357. The highest BCUT2D eigenvalue weighted by Crippen LogP contribution is 2.17. The summed E-state index contributed by atoms with van der Waals surface area (Å²) in [6, 6.07) is 6.45. The van der Waals surface area contributed by atoms with E-state index in [1.54, 1.807) is 0 Å². The van der Waals surface area contributed by atoms with Crippen LogP contribution < -0.4 is 5.32 Å². The summed E-state index contributed by atoms with van der Waals surface area (Å²) < 4.78 is 3.34. The second kappa shape index (κ2) is 6.33. The van der Waals surface area contributed by atoms with Gasteiger partial charge in [0.1, 0.15) is 0 Å². The normalized spacial score (nSPS) is 10.8. The van der Waals surface area contributed by atoms with E-state index in [4.69, 9.17) is 0 Å². The Labute approximate surface area is 122 Å². The molecule has 2 aromatic rings. The average Bonchev–Trinajstić information content (AvgIpc) is 2.81. The molecule has 2 rings (SSSR count). The van der Waals surface area contributed by atoms with Crippen molar-refractivity contribution in [2.75, 3.05) is 6.54 Å². The molecule has 1 aromatic heterocycles. The summed E-state index contributed by atoms with van der Waals surface area (Å²) in [6.07, 6.45) is 5.14. The highest BCUT2D eigenvalue weighted by atomic mass is 127. The summed E-state index contributed by atoms with van der Waals surface area (Å²) >= 11 is 2.34. The molecule has 0 aliphatic heterocycles. The van der Waals surface area contributed by atoms with Crippen LogP contribution in [0.15, 0.2) is 30.7 Å². The number of nitrogens with one attached hydrogen (secondary N) is 1. The van der Waals surface area contributed by atoms with Crippen LogP contribution in [0.25, 0.3) is 5.69 Å². The van der Waals surface area contributed by atoms with Gasteiger partial charge in [0.05, 0.1) is 17.7 Å². The number of imidazole rings is 1. The Morgan fingerprint density at radius 2 is 2.22 bits per heavy atom. The molecule has 0 saturated carbocycles. The number of aryl methyl sites for hydroxylation is 1. The largest absolute Gasteiger partial charge is 0.311 e. The first kappa shape index (κ1) is 13.5. The summed E-state index contributed by atoms with van der Waals surface area (Å²) in [4.78, 5) is 4.43. The zero-order chi connectivity index (χ0) is 13.0. The molecule has 1 heterocycles. The highest BCUT2D eigenvalue weighted by molar-refractivity contribution is 14.1. The number of benzene rings is 1. The maximum absolute atomic E-state index is 4.43. The third kappa shape index (κ3) is 3.32. The second-order valence-corrected chi connectivity index (χ2v) is 5.63. The summed E-state index contributed by atoms with van der Waals surface area (Å²) in [5.74, 6) is 0. The Morgan fingerprint density at radius 1 is 1.39 bits per heavy atom. The smallest absolute Gasteiger partial charge is 0.0995 e. The standard InChI is InChI=1S/C14H18IN3/c1-3-6-16-8-13-9-18(10-17-13)14-7-12(15)5-4-11(14)2/h4-5,7,9-10,16H,3,6,8H2,1-2H3. The van der Waals surface area contributed by atoms with Crippen molar-refractivity contribution >= 4 is 22.6 Å². The van der Waals surface area contributed by atoms with Gasteiger partial charge >= 0.3 is 0 Å². The molecule has 3 nitrogen and oxygen atoms in total.